The van der Waals surface area contributed by atoms with Crippen LogP contribution in [0, 0.1) is 0 Å². The van der Waals surface area contributed by atoms with Gasteiger partial charge in [-0.25, -0.2) is 15.0 Å². The van der Waals surface area contributed by atoms with Crippen LogP contribution in [0.2, 0.25) is 0 Å². The predicted molar refractivity (Wildman–Crippen MR) is 75.8 cm³/mol. The maximum absolute atomic E-state index is 5.78. The number of aromatic amines is 1. The lowest BCUT2D eigenvalue weighted by Crippen LogP contribution is -1.92. The topological polar surface area (TPSA) is 89.7 Å². The van der Waals surface area contributed by atoms with Crippen molar-refractivity contribution in [1.29, 1.82) is 0 Å². The highest BCUT2D eigenvalue weighted by Crippen LogP contribution is 2.32. The van der Waals surface area contributed by atoms with E-state index in [1.54, 1.807) is 7.11 Å². The zero-order valence-corrected chi connectivity index (χ0v) is 11.6. The molecule has 0 bridgehead atoms. The Bertz CT molecular complexity index is 755. The van der Waals surface area contributed by atoms with Crippen molar-refractivity contribution in [2.45, 2.75) is 0 Å². The van der Waals surface area contributed by atoms with E-state index in [4.69, 9.17) is 10.5 Å². The Morgan fingerprint density at radius 3 is 2.89 bits per heavy atom. The quantitative estimate of drug-likeness (QED) is 0.756. The molecule has 0 unspecified atom stereocenters. The molecule has 0 saturated heterocycles. The third kappa shape index (κ3) is 2.01. The van der Waals surface area contributed by atoms with Crippen LogP contribution >= 0.6 is 15.9 Å². The molecule has 3 rings (SSSR count). The summed E-state index contributed by atoms with van der Waals surface area (Å²) in [4.78, 5) is 15.5. The molecule has 96 valence electrons. The van der Waals surface area contributed by atoms with Gasteiger partial charge < -0.3 is 15.5 Å². The van der Waals surface area contributed by atoms with Crippen LogP contribution in [0.25, 0.3) is 22.6 Å². The number of hydrogen-bond donors (Lipinski definition) is 2. The Labute approximate surface area is 117 Å². The lowest BCUT2D eigenvalue weighted by atomic mass is 10.2. The molecule has 19 heavy (non-hydrogen) atoms. The fourth-order valence-corrected chi connectivity index (χ4v) is 2.17. The summed E-state index contributed by atoms with van der Waals surface area (Å²) in [5.41, 5.74) is 7.78. The van der Waals surface area contributed by atoms with Crippen LogP contribution in [-0.2, 0) is 0 Å². The van der Waals surface area contributed by atoms with Crippen molar-refractivity contribution >= 4 is 32.9 Å². The van der Waals surface area contributed by atoms with Gasteiger partial charge in [-0.05, 0) is 18.2 Å². The van der Waals surface area contributed by atoms with Crippen molar-refractivity contribution in [3.8, 4) is 17.1 Å². The lowest BCUT2D eigenvalue weighted by molar-refractivity contribution is 0.416. The molecule has 1 aromatic carbocycles. The summed E-state index contributed by atoms with van der Waals surface area (Å²) in [6, 6.07) is 5.70. The number of nitrogen functional groups attached to an aromatic ring is 1. The summed E-state index contributed by atoms with van der Waals surface area (Å²) in [5, 5.41) is 0. The van der Waals surface area contributed by atoms with Crippen molar-refractivity contribution in [2.75, 3.05) is 12.8 Å². The monoisotopic (exact) mass is 319 g/mol. The first kappa shape index (κ1) is 11.9. The van der Waals surface area contributed by atoms with E-state index < -0.39 is 0 Å². The minimum absolute atomic E-state index is 0.375. The van der Waals surface area contributed by atoms with E-state index in [9.17, 15) is 0 Å². The van der Waals surface area contributed by atoms with E-state index in [1.807, 2.05) is 18.2 Å². The number of anilines is 1. The van der Waals surface area contributed by atoms with Crippen LogP contribution in [0.15, 0.2) is 29.0 Å². The van der Waals surface area contributed by atoms with Crippen molar-refractivity contribution < 1.29 is 4.74 Å². The Kier molecular flexibility index (Phi) is 2.83. The summed E-state index contributed by atoms with van der Waals surface area (Å²) >= 11 is 3.40. The number of nitrogens with two attached hydrogens (primary N) is 1. The Balaban J connectivity index is 2.22. The number of aromatic nitrogens is 4. The van der Waals surface area contributed by atoms with Gasteiger partial charge in [0.2, 0.25) is 0 Å². The Morgan fingerprint density at radius 1 is 1.32 bits per heavy atom. The fourth-order valence-electron chi connectivity index (χ4n) is 1.83. The molecule has 0 radical (unpaired) electrons. The molecule has 3 N–H and O–H groups in total. The highest BCUT2D eigenvalue weighted by atomic mass is 79.9. The molecule has 0 fully saturated rings. The number of hydrogen-bond acceptors (Lipinski definition) is 5. The molecular weight excluding hydrogens is 310 g/mol. The average molecular weight is 320 g/mol. The predicted octanol–water partition coefficient (Wildman–Crippen LogP) is 2.37. The minimum Gasteiger partial charge on any atom is -0.496 e. The average Bonchev–Trinajstić information content (AvgIpc) is 2.83. The Morgan fingerprint density at radius 2 is 2.16 bits per heavy atom. The summed E-state index contributed by atoms with van der Waals surface area (Å²) < 4.78 is 6.28. The number of rotatable bonds is 2. The van der Waals surface area contributed by atoms with Gasteiger partial charge in [0.25, 0.3) is 0 Å². The second kappa shape index (κ2) is 4.51. The van der Waals surface area contributed by atoms with Crippen LogP contribution in [0.1, 0.15) is 0 Å². The van der Waals surface area contributed by atoms with Crippen molar-refractivity contribution in [3.05, 3.63) is 29.0 Å². The molecule has 0 aliphatic heterocycles. The van der Waals surface area contributed by atoms with E-state index in [-0.39, 0.29) is 0 Å². The van der Waals surface area contributed by atoms with E-state index in [2.05, 4.69) is 35.9 Å². The van der Waals surface area contributed by atoms with Gasteiger partial charge in [-0.15, -0.1) is 0 Å². The number of nitrogens with one attached hydrogen (secondary N) is 1. The maximum atomic E-state index is 5.78. The Hall–Kier alpha value is -2.15. The molecule has 0 amide bonds. The van der Waals surface area contributed by atoms with Crippen LogP contribution in [-0.4, -0.2) is 27.0 Å². The van der Waals surface area contributed by atoms with Crippen LogP contribution in [0.3, 0.4) is 0 Å². The van der Waals surface area contributed by atoms with Gasteiger partial charge in [0, 0.05) is 4.47 Å². The van der Waals surface area contributed by atoms with Gasteiger partial charge >= 0.3 is 0 Å². The molecule has 7 heteroatoms. The molecule has 0 aliphatic rings. The molecule has 6 nitrogen and oxygen atoms in total. The first-order valence-electron chi connectivity index (χ1n) is 5.49. The zero-order valence-electron chi connectivity index (χ0n) is 10.0. The molecular formula is C12H10BrN5O. The smallest absolute Gasteiger partial charge is 0.183 e. The summed E-state index contributed by atoms with van der Waals surface area (Å²) in [6.07, 6.45) is 1.39. The van der Waals surface area contributed by atoms with Crippen LogP contribution < -0.4 is 10.5 Å². The standard InChI is InChI=1S/C12H10BrN5O/c1-19-8-4-6(13)2-3-7(8)11-17-9-10(14)15-5-16-12(9)18-11/h2-5H,1H3,(H3,14,15,16,17,18). The van der Waals surface area contributed by atoms with Gasteiger partial charge in [0.05, 0.1) is 12.7 Å². The van der Waals surface area contributed by atoms with Crippen molar-refractivity contribution in [1.82, 2.24) is 19.9 Å². The second-order valence-corrected chi connectivity index (χ2v) is 4.80. The highest BCUT2D eigenvalue weighted by molar-refractivity contribution is 9.10. The molecule has 0 spiro atoms. The normalized spacial score (nSPS) is 10.8. The third-order valence-corrected chi connectivity index (χ3v) is 3.23. The number of imidazole rings is 1. The zero-order chi connectivity index (χ0) is 13.4. The van der Waals surface area contributed by atoms with Crippen molar-refractivity contribution in [3.63, 3.8) is 0 Å². The lowest BCUT2D eigenvalue weighted by Gasteiger charge is -2.06. The first-order chi connectivity index (χ1) is 9.19. The van der Waals surface area contributed by atoms with E-state index >= 15 is 0 Å². The molecule has 0 saturated carbocycles. The minimum atomic E-state index is 0.375. The van der Waals surface area contributed by atoms with Gasteiger partial charge in [0.15, 0.2) is 11.5 Å². The number of nitrogens with zero attached hydrogens (tertiary/aromatic N) is 3. The van der Waals surface area contributed by atoms with Gasteiger partial charge in [0.1, 0.15) is 23.4 Å². The van der Waals surface area contributed by atoms with E-state index in [1.165, 1.54) is 6.33 Å². The molecule has 3 aromatic rings. The van der Waals surface area contributed by atoms with Crippen LogP contribution in [0.5, 0.6) is 5.75 Å². The van der Waals surface area contributed by atoms with E-state index in [0.717, 1.165) is 10.0 Å². The fraction of sp³-hybridized carbons (Fsp3) is 0.0833. The van der Waals surface area contributed by atoms with Crippen LogP contribution in [0.4, 0.5) is 5.82 Å². The maximum Gasteiger partial charge on any atom is 0.183 e. The number of methoxy groups -OCH3 is 1. The second-order valence-electron chi connectivity index (χ2n) is 3.89. The number of benzene rings is 1. The first-order valence-corrected chi connectivity index (χ1v) is 6.28. The summed E-state index contributed by atoms with van der Waals surface area (Å²) in [7, 11) is 1.61. The number of H-pyrrole nitrogens is 1. The number of ether oxygens (including phenoxy) is 1. The highest BCUT2D eigenvalue weighted by Gasteiger charge is 2.13. The third-order valence-electron chi connectivity index (χ3n) is 2.74. The molecule has 0 atom stereocenters. The molecule has 0 aliphatic carbocycles. The number of halogens is 1. The van der Waals surface area contributed by atoms with Gasteiger partial charge in [-0.3, -0.25) is 0 Å². The summed E-state index contributed by atoms with van der Waals surface area (Å²) in [5.74, 6) is 1.73. The van der Waals surface area contributed by atoms with E-state index in [0.29, 0.717) is 28.6 Å². The summed E-state index contributed by atoms with van der Waals surface area (Å²) in [6.45, 7) is 0. The van der Waals surface area contributed by atoms with Gasteiger partial charge in [-0.1, -0.05) is 15.9 Å². The SMILES string of the molecule is COc1cc(Br)ccc1-c1nc2ncnc(N)c2[nH]1. The number of fused-ring (bicyclic) bond motifs is 1. The molecule has 2 heterocycles. The van der Waals surface area contributed by atoms with Crippen molar-refractivity contribution in [2.24, 2.45) is 0 Å². The largest absolute Gasteiger partial charge is 0.496 e. The van der Waals surface area contributed by atoms with Gasteiger partial charge in [-0.2, -0.15) is 0 Å². The molecule has 2 aromatic heterocycles.